The fourth-order valence-corrected chi connectivity index (χ4v) is 3.74. The summed E-state index contributed by atoms with van der Waals surface area (Å²) in [5.74, 6) is -0.665. The molecule has 1 aliphatic carbocycles. The first-order chi connectivity index (χ1) is 18.3. The maximum atomic E-state index is 13.8. The molecule has 0 radical (unpaired) electrons. The van der Waals surface area contributed by atoms with E-state index in [4.69, 9.17) is 15.6 Å². The van der Waals surface area contributed by atoms with Crippen molar-refractivity contribution in [2.75, 3.05) is 13.7 Å². The summed E-state index contributed by atoms with van der Waals surface area (Å²) in [5, 5.41) is 10.9. The topological polar surface area (TPSA) is 157 Å². The number of carbonyl (C=O) groups excluding carboxylic acids is 3. The lowest BCUT2D eigenvalue weighted by Gasteiger charge is -2.11. The molecule has 1 amide bonds. The quantitative estimate of drug-likeness (QED) is 0.257. The number of hydrogen-bond acceptors (Lipinski definition) is 10. The number of aliphatic hydroxyl groups excluding tert-OH is 1. The van der Waals surface area contributed by atoms with Gasteiger partial charge in [0, 0.05) is 11.5 Å². The Morgan fingerprint density at radius 1 is 1.26 bits per heavy atom. The van der Waals surface area contributed by atoms with Crippen LogP contribution in [0.3, 0.4) is 0 Å². The number of aliphatic hydroxyl groups is 1. The predicted octanol–water partition coefficient (Wildman–Crippen LogP) is 3.36. The summed E-state index contributed by atoms with van der Waals surface area (Å²) in [6, 6.07) is 5.57. The van der Waals surface area contributed by atoms with Crippen LogP contribution in [0.1, 0.15) is 65.4 Å². The summed E-state index contributed by atoms with van der Waals surface area (Å²) in [7, 11) is 1.56. The van der Waals surface area contributed by atoms with Crippen LogP contribution in [0, 0.1) is 11.7 Å². The minimum absolute atomic E-state index is 0.0121. The highest BCUT2D eigenvalue weighted by atomic mass is 32.1. The number of aldehydes is 1. The molecule has 4 N–H and O–H groups in total. The van der Waals surface area contributed by atoms with Gasteiger partial charge in [-0.3, -0.25) is 14.4 Å². The number of ketones is 1. The number of Topliss-reactive ketones (excluding diaryl/α,β-unsaturated/α-hetero) is 1. The van der Waals surface area contributed by atoms with Gasteiger partial charge in [0.05, 0.1) is 35.1 Å². The Hall–Kier alpha value is -3.61. The van der Waals surface area contributed by atoms with Crippen LogP contribution in [-0.4, -0.2) is 57.1 Å². The number of likely N-dealkylation sites (N-methyl/N-ethyl adjacent to an activating group) is 1. The fourth-order valence-electron chi connectivity index (χ4n) is 3.02. The predicted molar refractivity (Wildman–Crippen MR) is 142 cm³/mol. The number of nitrogens with zero attached hydrogens (tertiary/aromatic N) is 3. The molecule has 0 spiro atoms. The summed E-state index contributed by atoms with van der Waals surface area (Å²) in [4.78, 5) is 42.0. The molecular formula is C26H32FN5O5S. The largest absolute Gasteiger partial charge is 0.468 e. The molecule has 3 aromatic rings. The van der Waals surface area contributed by atoms with Gasteiger partial charge in [-0.1, -0.05) is 19.9 Å². The summed E-state index contributed by atoms with van der Waals surface area (Å²) < 4.78 is 23.9. The molecule has 1 aromatic carbocycles. The molecule has 10 nitrogen and oxygen atoms in total. The normalized spacial score (nSPS) is 13.6. The van der Waals surface area contributed by atoms with Gasteiger partial charge in [0.2, 0.25) is 11.8 Å². The minimum Gasteiger partial charge on any atom is -0.468 e. The molecule has 12 heteroatoms. The molecule has 1 fully saturated rings. The fraction of sp³-hybridized carbons (Fsp3) is 0.385. The standard InChI is InChI=1S/C20H16FN3O3S.C4H10N2O2.C2H6/c1-11(27-19-9-22-17(8-23-19)20(26)12-2-3-12)18-7-16(24-28-18)13-4-5-14(10-25)15(21)6-13;1-6-3(2-7)4(5)8;1-2/h4-12H,2-3H2,1H3;3,6-7H,2H2,1H3,(H2,5,8);1-2H3. The first-order valence-electron chi connectivity index (χ1n) is 12.1. The van der Waals surface area contributed by atoms with Crippen LogP contribution in [0.5, 0.6) is 5.88 Å². The second-order valence-electron chi connectivity index (χ2n) is 8.03. The number of halogens is 1. The van der Waals surface area contributed by atoms with Gasteiger partial charge in [-0.15, -0.1) is 0 Å². The number of ether oxygens (including phenoxy) is 1. The Morgan fingerprint density at radius 2 is 1.97 bits per heavy atom. The molecule has 2 atom stereocenters. The van der Waals surface area contributed by atoms with Crippen LogP contribution in [0.2, 0.25) is 0 Å². The van der Waals surface area contributed by atoms with Gasteiger partial charge < -0.3 is 20.9 Å². The Morgan fingerprint density at radius 3 is 2.45 bits per heavy atom. The molecule has 1 aliphatic rings. The smallest absolute Gasteiger partial charge is 0.236 e. The zero-order valence-corrected chi connectivity index (χ0v) is 22.5. The first kappa shape index (κ1) is 30.6. The molecule has 2 unspecified atom stereocenters. The maximum absolute atomic E-state index is 13.8. The summed E-state index contributed by atoms with van der Waals surface area (Å²) >= 11 is 1.24. The molecule has 0 aliphatic heterocycles. The van der Waals surface area contributed by atoms with Gasteiger partial charge >= 0.3 is 0 Å². The molecule has 2 heterocycles. The molecule has 204 valence electrons. The van der Waals surface area contributed by atoms with Crippen LogP contribution in [0.4, 0.5) is 4.39 Å². The van der Waals surface area contributed by atoms with E-state index < -0.39 is 17.8 Å². The van der Waals surface area contributed by atoms with Gasteiger partial charge in [-0.25, -0.2) is 14.4 Å². The SMILES string of the molecule is CC.CC(Oc1cnc(C(=O)C2CC2)cn1)c1cc(-c2ccc(C=O)c(F)c2)ns1.CNC(CO)C(N)=O. The van der Waals surface area contributed by atoms with Crippen molar-refractivity contribution in [3.8, 4) is 17.1 Å². The number of hydrogen-bond donors (Lipinski definition) is 3. The van der Waals surface area contributed by atoms with E-state index in [1.807, 2.05) is 26.8 Å². The van der Waals surface area contributed by atoms with Crippen LogP contribution >= 0.6 is 11.5 Å². The van der Waals surface area contributed by atoms with E-state index in [1.165, 1.54) is 36.1 Å². The molecule has 0 bridgehead atoms. The van der Waals surface area contributed by atoms with Crippen LogP contribution < -0.4 is 15.8 Å². The van der Waals surface area contributed by atoms with Crippen molar-refractivity contribution in [1.82, 2.24) is 19.7 Å². The second kappa shape index (κ2) is 15.0. The van der Waals surface area contributed by atoms with E-state index in [2.05, 4.69) is 19.7 Å². The first-order valence-corrected chi connectivity index (χ1v) is 12.9. The highest BCUT2D eigenvalue weighted by molar-refractivity contribution is 7.06. The number of primary amides is 1. The highest BCUT2D eigenvalue weighted by Crippen LogP contribution is 2.32. The lowest BCUT2D eigenvalue weighted by atomic mass is 10.1. The summed E-state index contributed by atoms with van der Waals surface area (Å²) in [6.07, 6.45) is 4.87. The third-order valence-corrected chi connectivity index (χ3v) is 6.30. The van der Waals surface area contributed by atoms with Crippen molar-refractivity contribution in [3.63, 3.8) is 0 Å². The van der Waals surface area contributed by atoms with Gasteiger partial charge in [0.1, 0.15) is 23.7 Å². The molecule has 38 heavy (non-hydrogen) atoms. The van der Waals surface area contributed by atoms with Crippen LogP contribution in [-0.2, 0) is 4.79 Å². The Kier molecular flexibility index (Phi) is 12.1. The highest BCUT2D eigenvalue weighted by Gasteiger charge is 2.31. The Balaban J connectivity index is 0.000000437. The maximum Gasteiger partial charge on any atom is 0.236 e. The van der Waals surface area contributed by atoms with Gasteiger partial charge in [-0.2, -0.15) is 4.37 Å². The number of aromatic nitrogens is 3. The van der Waals surface area contributed by atoms with E-state index in [-0.39, 0.29) is 30.0 Å². The monoisotopic (exact) mass is 545 g/mol. The van der Waals surface area contributed by atoms with Gasteiger partial charge in [0.25, 0.3) is 0 Å². The third kappa shape index (κ3) is 8.47. The number of nitrogens with two attached hydrogens (primary N) is 1. The number of benzene rings is 1. The third-order valence-electron chi connectivity index (χ3n) is 5.35. The number of rotatable bonds is 10. The molecule has 1 saturated carbocycles. The van der Waals surface area contributed by atoms with Crippen molar-refractivity contribution < 1.29 is 28.6 Å². The molecule has 2 aromatic heterocycles. The minimum atomic E-state index is -0.602. The van der Waals surface area contributed by atoms with Crippen molar-refractivity contribution >= 4 is 29.5 Å². The average Bonchev–Trinajstić information content (AvgIpc) is 3.66. The Labute approximate surface area is 224 Å². The van der Waals surface area contributed by atoms with Gasteiger partial charge in [-0.05, 0) is 56.5 Å². The van der Waals surface area contributed by atoms with E-state index in [9.17, 15) is 18.8 Å². The van der Waals surface area contributed by atoms with Crippen LogP contribution in [0.15, 0.2) is 36.7 Å². The summed E-state index contributed by atoms with van der Waals surface area (Å²) in [6.45, 7) is 5.60. The number of nitrogens with one attached hydrogen (secondary N) is 1. The van der Waals surface area contributed by atoms with E-state index in [1.54, 1.807) is 13.1 Å². The number of amides is 1. The van der Waals surface area contributed by atoms with Crippen molar-refractivity contribution in [3.05, 3.63) is 58.6 Å². The second-order valence-corrected chi connectivity index (χ2v) is 8.87. The Bertz CT molecular complexity index is 1210. The van der Waals surface area contributed by atoms with Crippen molar-refractivity contribution in [2.24, 2.45) is 11.7 Å². The van der Waals surface area contributed by atoms with E-state index in [0.29, 0.717) is 29.1 Å². The zero-order chi connectivity index (χ0) is 28.2. The molecule has 4 rings (SSSR count). The van der Waals surface area contributed by atoms with Crippen LogP contribution in [0.25, 0.3) is 11.3 Å². The van der Waals surface area contributed by atoms with E-state index >= 15 is 0 Å². The average molecular weight is 546 g/mol. The lowest BCUT2D eigenvalue weighted by Crippen LogP contribution is -2.41. The van der Waals surface area contributed by atoms with Gasteiger partial charge in [0.15, 0.2) is 12.1 Å². The van der Waals surface area contributed by atoms with Crippen molar-refractivity contribution in [1.29, 1.82) is 0 Å². The molecular weight excluding hydrogens is 513 g/mol. The van der Waals surface area contributed by atoms with Crippen molar-refractivity contribution in [2.45, 2.75) is 45.8 Å². The zero-order valence-electron chi connectivity index (χ0n) is 21.7. The lowest BCUT2D eigenvalue weighted by molar-refractivity contribution is -0.120. The number of carbonyl (C=O) groups is 3. The molecule has 0 saturated heterocycles. The summed E-state index contributed by atoms with van der Waals surface area (Å²) in [5.41, 5.74) is 6.36. The van der Waals surface area contributed by atoms with E-state index in [0.717, 1.165) is 17.7 Å².